The number of halogens is 1. The maximum atomic E-state index is 13.7. The molecule has 0 saturated carbocycles. The lowest BCUT2D eigenvalue weighted by Crippen LogP contribution is -2.25. The van der Waals surface area contributed by atoms with Gasteiger partial charge in [0.1, 0.15) is 28.1 Å². The molecule has 0 bridgehead atoms. The van der Waals surface area contributed by atoms with Crippen LogP contribution < -0.4 is 9.25 Å². The fraction of sp³-hybridized carbons (Fsp3) is 0.278. The van der Waals surface area contributed by atoms with Gasteiger partial charge in [-0.25, -0.2) is 17.4 Å². The molecule has 0 amide bonds. The summed E-state index contributed by atoms with van der Waals surface area (Å²) < 4.78 is 59.6. The number of azide groups is 1. The van der Waals surface area contributed by atoms with Crippen molar-refractivity contribution < 1.29 is 26.8 Å². The number of hydrogen-bond donors (Lipinski definition) is 2. The summed E-state index contributed by atoms with van der Waals surface area (Å²) in [6.45, 7) is 0.452. The van der Waals surface area contributed by atoms with Crippen molar-refractivity contribution in [3.05, 3.63) is 57.0 Å². The van der Waals surface area contributed by atoms with Gasteiger partial charge >= 0.3 is 7.60 Å². The zero-order chi connectivity index (χ0) is 24.8. The number of fused-ring (bicyclic) bond motifs is 1. The standard InChI is InChI=1S/C18H17FN5O5PS4/c19-15-6-13(3-2-12(15)9-20)29-30(25,26)11-23-34(27,28)18-8-17-16(33-18)7-14(32-17)10-31-5-1-4-22-24-21/h2-3,6-8,23H,1,4-5,10-11H2,(H,25,26). The number of thiophene rings is 2. The van der Waals surface area contributed by atoms with Gasteiger partial charge in [0.2, 0.25) is 0 Å². The van der Waals surface area contributed by atoms with Gasteiger partial charge in [0.05, 0.1) is 5.56 Å². The molecular weight excluding hydrogens is 544 g/mol. The molecule has 0 aliphatic carbocycles. The highest BCUT2D eigenvalue weighted by Gasteiger charge is 2.27. The molecule has 10 nitrogen and oxygen atoms in total. The molecule has 0 spiro atoms. The van der Waals surface area contributed by atoms with Crippen LogP contribution in [0.2, 0.25) is 0 Å². The van der Waals surface area contributed by atoms with Gasteiger partial charge in [-0.2, -0.15) is 21.7 Å². The molecule has 1 atom stereocenters. The molecule has 2 N–H and O–H groups in total. The lowest BCUT2D eigenvalue weighted by atomic mass is 10.2. The third kappa shape index (κ3) is 7.18. The van der Waals surface area contributed by atoms with Crippen molar-refractivity contribution in [2.45, 2.75) is 16.4 Å². The van der Waals surface area contributed by atoms with Gasteiger partial charge in [0.15, 0.2) is 0 Å². The van der Waals surface area contributed by atoms with E-state index in [-0.39, 0.29) is 15.5 Å². The first-order valence-electron chi connectivity index (χ1n) is 9.45. The molecule has 180 valence electrons. The van der Waals surface area contributed by atoms with Crippen molar-refractivity contribution in [3.8, 4) is 11.8 Å². The second-order valence-electron chi connectivity index (χ2n) is 6.66. The van der Waals surface area contributed by atoms with Crippen LogP contribution in [0.4, 0.5) is 4.39 Å². The van der Waals surface area contributed by atoms with E-state index in [0.717, 1.165) is 61.7 Å². The fourth-order valence-corrected chi connectivity index (χ4v) is 9.01. The van der Waals surface area contributed by atoms with E-state index >= 15 is 0 Å². The fourth-order valence-electron chi connectivity index (χ4n) is 2.60. The third-order valence-corrected chi connectivity index (χ3v) is 10.8. The second-order valence-corrected chi connectivity index (χ2v) is 13.8. The van der Waals surface area contributed by atoms with E-state index in [9.17, 15) is 22.3 Å². The molecule has 3 aromatic rings. The first kappa shape index (κ1) is 26.5. The molecule has 1 aromatic carbocycles. The first-order valence-corrected chi connectivity index (χ1v) is 15.5. The SMILES string of the molecule is N#Cc1ccc(OP(=O)(O)CNS(=O)(=O)c2cc3sc(CSCCCN=[N+]=[N-])cc3s2)cc1F. The van der Waals surface area contributed by atoms with Crippen molar-refractivity contribution in [2.24, 2.45) is 5.11 Å². The van der Waals surface area contributed by atoms with Crippen molar-refractivity contribution in [2.75, 3.05) is 18.6 Å². The molecule has 0 saturated heterocycles. The Bertz CT molecular complexity index is 1400. The molecule has 1 unspecified atom stereocenters. The molecule has 0 fully saturated rings. The van der Waals surface area contributed by atoms with Gasteiger partial charge in [-0.05, 0) is 42.0 Å². The molecule has 2 aromatic heterocycles. The predicted octanol–water partition coefficient (Wildman–Crippen LogP) is 5.41. The van der Waals surface area contributed by atoms with Gasteiger partial charge in [-0.15, -0.1) is 22.7 Å². The molecule has 3 rings (SSSR count). The average Bonchev–Trinajstić information content (AvgIpc) is 3.34. The van der Waals surface area contributed by atoms with Crippen LogP contribution in [-0.2, 0) is 20.3 Å². The molecule has 0 radical (unpaired) electrons. The molecule has 2 heterocycles. The van der Waals surface area contributed by atoms with E-state index in [0.29, 0.717) is 6.54 Å². The maximum absolute atomic E-state index is 13.7. The quantitative estimate of drug-likeness (QED) is 0.0981. The normalized spacial score (nSPS) is 13.2. The van der Waals surface area contributed by atoms with E-state index < -0.39 is 29.7 Å². The van der Waals surface area contributed by atoms with Crippen LogP contribution in [-0.4, -0.2) is 31.9 Å². The summed E-state index contributed by atoms with van der Waals surface area (Å²) in [5, 5.41) is 12.2. The highest BCUT2D eigenvalue weighted by molar-refractivity contribution is 7.98. The average molecular weight is 562 g/mol. The number of sulfonamides is 1. The topological polar surface area (TPSA) is 165 Å². The van der Waals surface area contributed by atoms with Gasteiger partial charge < -0.3 is 9.42 Å². The van der Waals surface area contributed by atoms with Gasteiger partial charge in [0, 0.05) is 37.6 Å². The zero-order valence-electron chi connectivity index (χ0n) is 17.2. The van der Waals surface area contributed by atoms with Crippen LogP contribution in [0, 0.1) is 17.1 Å². The zero-order valence-corrected chi connectivity index (χ0v) is 21.4. The largest absolute Gasteiger partial charge is 0.424 e. The van der Waals surface area contributed by atoms with Gasteiger partial charge in [-0.1, -0.05) is 5.11 Å². The number of nitrogens with one attached hydrogen (secondary N) is 1. The number of hydrogen-bond acceptors (Lipinski definition) is 9. The Labute approximate surface area is 206 Å². The Morgan fingerprint density at radius 2 is 2.09 bits per heavy atom. The summed E-state index contributed by atoms with van der Waals surface area (Å²) in [4.78, 5) is 13.8. The summed E-state index contributed by atoms with van der Waals surface area (Å²) in [7, 11) is -8.57. The Hall–Kier alpha value is -2.14. The summed E-state index contributed by atoms with van der Waals surface area (Å²) in [6.07, 6.45) is -0.138. The van der Waals surface area contributed by atoms with Crippen molar-refractivity contribution in [1.82, 2.24) is 4.72 Å². The van der Waals surface area contributed by atoms with Crippen LogP contribution in [0.3, 0.4) is 0 Å². The lowest BCUT2D eigenvalue weighted by Gasteiger charge is -2.14. The molecular formula is C18H17FN5O5PS4. The second kappa shape index (κ2) is 11.5. The molecule has 16 heteroatoms. The molecule has 0 aliphatic heterocycles. The maximum Gasteiger partial charge on any atom is 0.391 e. The summed E-state index contributed by atoms with van der Waals surface area (Å²) >= 11 is 4.19. The van der Waals surface area contributed by atoms with E-state index in [2.05, 4.69) is 14.7 Å². The number of nitrogens with zero attached hydrogens (tertiary/aromatic N) is 4. The monoisotopic (exact) mass is 561 g/mol. The Morgan fingerprint density at radius 1 is 1.32 bits per heavy atom. The van der Waals surface area contributed by atoms with E-state index in [1.54, 1.807) is 17.8 Å². The highest BCUT2D eigenvalue weighted by Crippen LogP contribution is 2.42. The number of nitriles is 1. The van der Waals surface area contributed by atoms with Crippen LogP contribution in [0.1, 0.15) is 16.9 Å². The van der Waals surface area contributed by atoms with E-state index in [4.69, 9.17) is 15.3 Å². The first-order chi connectivity index (χ1) is 16.1. The number of rotatable bonds is 12. The summed E-state index contributed by atoms with van der Waals surface area (Å²) in [6, 6.07) is 8.03. The van der Waals surface area contributed by atoms with Crippen LogP contribution in [0.15, 0.2) is 39.7 Å². The summed E-state index contributed by atoms with van der Waals surface area (Å²) in [5.41, 5.74) is 7.99. The minimum absolute atomic E-state index is 0.00765. The van der Waals surface area contributed by atoms with Gasteiger partial charge in [0.25, 0.3) is 10.0 Å². The molecule has 0 aliphatic rings. The van der Waals surface area contributed by atoms with Gasteiger partial charge in [-0.3, -0.25) is 0 Å². The predicted molar refractivity (Wildman–Crippen MR) is 131 cm³/mol. The van der Waals surface area contributed by atoms with Crippen LogP contribution >= 0.6 is 42.0 Å². The number of benzene rings is 1. The minimum Gasteiger partial charge on any atom is -0.424 e. The Kier molecular flexibility index (Phi) is 8.97. The lowest BCUT2D eigenvalue weighted by molar-refractivity contribution is 0.377. The number of thioether (sulfide) groups is 1. The third-order valence-electron chi connectivity index (χ3n) is 4.12. The van der Waals surface area contributed by atoms with Crippen LogP contribution in [0.25, 0.3) is 19.8 Å². The Morgan fingerprint density at radius 3 is 2.76 bits per heavy atom. The molecule has 34 heavy (non-hydrogen) atoms. The van der Waals surface area contributed by atoms with Crippen LogP contribution in [0.5, 0.6) is 5.75 Å². The minimum atomic E-state index is -4.49. The van der Waals surface area contributed by atoms with Crippen molar-refractivity contribution >= 4 is 61.5 Å². The highest BCUT2D eigenvalue weighted by atomic mass is 32.2. The van der Waals surface area contributed by atoms with E-state index in [1.807, 2.05) is 6.07 Å². The summed E-state index contributed by atoms with van der Waals surface area (Å²) in [5.74, 6) is 0.363. The van der Waals surface area contributed by atoms with E-state index in [1.165, 1.54) is 17.4 Å². The van der Waals surface area contributed by atoms with Crippen molar-refractivity contribution in [3.63, 3.8) is 0 Å². The Balaban J connectivity index is 1.58. The van der Waals surface area contributed by atoms with Crippen molar-refractivity contribution in [1.29, 1.82) is 5.26 Å². The smallest absolute Gasteiger partial charge is 0.391 e.